The van der Waals surface area contributed by atoms with Crippen molar-refractivity contribution in [3.63, 3.8) is 0 Å². The Labute approximate surface area is 124 Å². The Kier molecular flexibility index (Phi) is 4.54. The second kappa shape index (κ2) is 6.36. The zero-order chi connectivity index (χ0) is 15.4. The van der Waals surface area contributed by atoms with Crippen molar-refractivity contribution in [1.82, 2.24) is 9.78 Å². The molecule has 4 nitrogen and oxygen atoms in total. The SMILES string of the molecule is CCCn1nc(-c2ccc(C)c(C)c2)cc(CC#N)c1=O. The Morgan fingerprint density at radius 3 is 2.62 bits per heavy atom. The summed E-state index contributed by atoms with van der Waals surface area (Å²) in [4.78, 5) is 12.2. The van der Waals surface area contributed by atoms with Gasteiger partial charge in [0.05, 0.1) is 18.2 Å². The number of benzene rings is 1. The predicted molar refractivity (Wildman–Crippen MR) is 83.0 cm³/mol. The van der Waals surface area contributed by atoms with Crippen molar-refractivity contribution in [1.29, 1.82) is 5.26 Å². The molecule has 0 unspecified atom stereocenters. The van der Waals surface area contributed by atoms with Crippen molar-refractivity contribution in [3.05, 3.63) is 51.3 Å². The average molecular weight is 281 g/mol. The van der Waals surface area contributed by atoms with Crippen LogP contribution in [0, 0.1) is 25.2 Å². The van der Waals surface area contributed by atoms with Gasteiger partial charge in [-0.15, -0.1) is 0 Å². The van der Waals surface area contributed by atoms with Gasteiger partial charge in [0.2, 0.25) is 0 Å². The van der Waals surface area contributed by atoms with E-state index in [-0.39, 0.29) is 12.0 Å². The third kappa shape index (κ3) is 3.19. The van der Waals surface area contributed by atoms with E-state index in [0.29, 0.717) is 12.1 Å². The number of nitriles is 1. The Balaban J connectivity index is 2.60. The lowest BCUT2D eigenvalue weighted by Crippen LogP contribution is -2.26. The quantitative estimate of drug-likeness (QED) is 0.865. The number of nitrogens with zero attached hydrogens (tertiary/aromatic N) is 3. The second-order valence-corrected chi connectivity index (χ2v) is 5.22. The van der Waals surface area contributed by atoms with Gasteiger partial charge in [0, 0.05) is 17.7 Å². The zero-order valence-electron chi connectivity index (χ0n) is 12.7. The van der Waals surface area contributed by atoms with Gasteiger partial charge in [-0.1, -0.05) is 19.1 Å². The standard InChI is InChI=1S/C17H19N3O/c1-4-9-20-17(21)15(7-8-18)11-16(19-20)14-6-5-12(2)13(3)10-14/h5-6,10-11H,4,7,9H2,1-3H3. The van der Waals surface area contributed by atoms with Crippen LogP contribution >= 0.6 is 0 Å². The molecular weight excluding hydrogens is 262 g/mol. The summed E-state index contributed by atoms with van der Waals surface area (Å²) in [5.41, 5.74) is 4.47. The van der Waals surface area contributed by atoms with E-state index in [1.807, 2.05) is 19.1 Å². The average Bonchev–Trinajstić information content (AvgIpc) is 2.46. The third-order valence-corrected chi connectivity index (χ3v) is 3.56. The Morgan fingerprint density at radius 1 is 1.24 bits per heavy atom. The van der Waals surface area contributed by atoms with E-state index in [1.54, 1.807) is 6.07 Å². The van der Waals surface area contributed by atoms with Gasteiger partial charge in [-0.05, 0) is 43.5 Å². The lowest BCUT2D eigenvalue weighted by Gasteiger charge is -2.10. The molecule has 2 aromatic rings. The molecule has 0 aliphatic heterocycles. The summed E-state index contributed by atoms with van der Waals surface area (Å²) in [5.74, 6) is 0. The molecule has 108 valence electrons. The first kappa shape index (κ1) is 15.0. The van der Waals surface area contributed by atoms with E-state index in [0.717, 1.165) is 17.7 Å². The van der Waals surface area contributed by atoms with E-state index in [9.17, 15) is 4.79 Å². The highest BCUT2D eigenvalue weighted by molar-refractivity contribution is 5.61. The molecule has 1 aromatic carbocycles. The summed E-state index contributed by atoms with van der Waals surface area (Å²) in [7, 11) is 0. The van der Waals surface area contributed by atoms with Gasteiger partial charge in [0.15, 0.2) is 0 Å². The first-order valence-corrected chi connectivity index (χ1v) is 7.12. The molecule has 21 heavy (non-hydrogen) atoms. The van der Waals surface area contributed by atoms with Gasteiger partial charge in [-0.25, -0.2) is 4.68 Å². The normalized spacial score (nSPS) is 10.4. The van der Waals surface area contributed by atoms with E-state index in [4.69, 9.17) is 5.26 Å². The summed E-state index contributed by atoms with van der Waals surface area (Å²) in [6, 6.07) is 9.90. The molecule has 0 bridgehead atoms. The number of aromatic nitrogens is 2. The number of hydrogen-bond donors (Lipinski definition) is 0. The molecular formula is C17H19N3O. The van der Waals surface area contributed by atoms with Crippen molar-refractivity contribution in [2.75, 3.05) is 0 Å². The predicted octanol–water partition coefficient (Wildman–Crippen LogP) is 3.00. The molecule has 0 amide bonds. The highest BCUT2D eigenvalue weighted by Crippen LogP contribution is 2.20. The minimum absolute atomic E-state index is 0.114. The Morgan fingerprint density at radius 2 is 2.00 bits per heavy atom. The Hall–Kier alpha value is -2.41. The number of aryl methyl sites for hydroxylation is 3. The fourth-order valence-electron chi connectivity index (χ4n) is 2.21. The fraction of sp³-hybridized carbons (Fsp3) is 0.353. The van der Waals surface area contributed by atoms with Crippen molar-refractivity contribution < 1.29 is 0 Å². The molecule has 4 heteroatoms. The maximum atomic E-state index is 12.2. The molecule has 0 radical (unpaired) electrons. The molecule has 2 rings (SSSR count). The highest BCUT2D eigenvalue weighted by atomic mass is 16.1. The van der Waals surface area contributed by atoms with Crippen LogP contribution in [0.2, 0.25) is 0 Å². The molecule has 0 atom stereocenters. The van der Waals surface area contributed by atoms with Crippen LogP contribution in [0.5, 0.6) is 0 Å². The molecule has 1 aromatic heterocycles. The van der Waals surface area contributed by atoms with Gasteiger partial charge in [0.25, 0.3) is 5.56 Å². The third-order valence-electron chi connectivity index (χ3n) is 3.56. The molecule has 0 spiro atoms. The van der Waals surface area contributed by atoms with Crippen LogP contribution in [0.25, 0.3) is 11.3 Å². The summed E-state index contributed by atoms with van der Waals surface area (Å²) >= 11 is 0. The summed E-state index contributed by atoms with van der Waals surface area (Å²) in [6.45, 7) is 6.68. The lowest BCUT2D eigenvalue weighted by molar-refractivity contribution is 0.566. The maximum absolute atomic E-state index is 12.2. The van der Waals surface area contributed by atoms with E-state index in [2.05, 4.69) is 31.1 Å². The molecule has 0 aliphatic rings. The summed E-state index contributed by atoms with van der Waals surface area (Å²) in [5, 5.41) is 13.3. The van der Waals surface area contributed by atoms with Gasteiger partial charge < -0.3 is 0 Å². The zero-order valence-corrected chi connectivity index (χ0v) is 12.7. The highest BCUT2D eigenvalue weighted by Gasteiger charge is 2.10. The number of rotatable bonds is 4. The second-order valence-electron chi connectivity index (χ2n) is 5.22. The first-order chi connectivity index (χ1) is 10.1. The molecule has 0 aliphatic carbocycles. The van der Waals surface area contributed by atoms with Gasteiger partial charge in [-0.3, -0.25) is 4.79 Å². The first-order valence-electron chi connectivity index (χ1n) is 7.12. The Bertz CT molecular complexity index is 754. The molecule has 0 fully saturated rings. The molecule has 0 saturated carbocycles. The van der Waals surface area contributed by atoms with Crippen LogP contribution in [0.1, 0.15) is 30.0 Å². The smallest absolute Gasteiger partial charge is 0.267 e. The van der Waals surface area contributed by atoms with Crippen LogP contribution in [0.15, 0.2) is 29.1 Å². The fourth-order valence-corrected chi connectivity index (χ4v) is 2.21. The monoisotopic (exact) mass is 281 g/mol. The minimum Gasteiger partial charge on any atom is -0.267 e. The summed E-state index contributed by atoms with van der Waals surface area (Å²) in [6.07, 6.45) is 0.943. The van der Waals surface area contributed by atoms with E-state index < -0.39 is 0 Å². The molecule has 1 heterocycles. The molecule has 0 N–H and O–H groups in total. The van der Waals surface area contributed by atoms with Crippen LogP contribution in [-0.2, 0) is 13.0 Å². The summed E-state index contributed by atoms with van der Waals surface area (Å²) < 4.78 is 1.47. The topological polar surface area (TPSA) is 58.7 Å². The van der Waals surface area contributed by atoms with Crippen molar-refractivity contribution in [2.24, 2.45) is 0 Å². The van der Waals surface area contributed by atoms with Crippen molar-refractivity contribution in [2.45, 2.75) is 40.2 Å². The largest absolute Gasteiger partial charge is 0.271 e. The molecule has 0 saturated heterocycles. The maximum Gasteiger partial charge on any atom is 0.271 e. The van der Waals surface area contributed by atoms with E-state index >= 15 is 0 Å². The minimum atomic E-state index is -0.161. The van der Waals surface area contributed by atoms with Crippen LogP contribution in [0.3, 0.4) is 0 Å². The lowest BCUT2D eigenvalue weighted by atomic mass is 10.0. The van der Waals surface area contributed by atoms with Crippen LogP contribution in [-0.4, -0.2) is 9.78 Å². The van der Waals surface area contributed by atoms with Crippen LogP contribution < -0.4 is 5.56 Å². The van der Waals surface area contributed by atoms with Gasteiger partial charge in [-0.2, -0.15) is 10.4 Å². The van der Waals surface area contributed by atoms with Crippen LogP contribution in [0.4, 0.5) is 0 Å². The van der Waals surface area contributed by atoms with Crippen molar-refractivity contribution >= 4 is 0 Å². The number of hydrogen-bond acceptors (Lipinski definition) is 3. The van der Waals surface area contributed by atoms with E-state index in [1.165, 1.54) is 15.8 Å². The van der Waals surface area contributed by atoms with Crippen molar-refractivity contribution in [3.8, 4) is 17.3 Å². The van der Waals surface area contributed by atoms with Gasteiger partial charge in [0.1, 0.15) is 0 Å². The van der Waals surface area contributed by atoms with Gasteiger partial charge >= 0.3 is 0 Å².